The van der Waals surface area contributed by atoms with E-state index in [-0.39, 0.29) is 24.4 Å². The number of carbonyl (C=O) groups excluding carboxylic acids is 2. The molecule has 0 saturated carbocycles. The molecular formula is C10H19N3O2. The third-order valence-electron chi connectivity index (χ3n) is 2.24. The second-order valence-electron chi connectivity index (χ2n) is 4.23. The molecule has 15 heavy (non-hydrogen) atoms. The molecular weight excluding hydrogens is 194 g/mol. The summed E-state index contributed by atoms with van der Waals surface area (Å²) in [6.07, 6.45) is 0.516. The molecule has 1 saturated heterocycles. The van der Waals surface area contributed by atoms with Crippen LogP contribution in [-0.2, 0) is 9.59 Å². The Morgan fingerprint density at radius 3 is 2.47 bits per heavy atom. The maximum absolute atomic E-state index is 11.3. The molecule has 5 nitrogen and oxygen atoms in total. The van der Waals surface area contributed by atoms with Crippen molar-refractivity contribution in [1.82, 2.24) is 16.0 Å². The Kier molecular flexibility index (Phi) is 4.55. The number of hydrogen-bond acceptors (Lipinski definition) is 3. The zero-order valence-electron chi connectivity index (χ0n) is 9.30. The van der Waals surface area contributed by atoms with Crippen LogP contribution in [0.2, 0.25) is 0 Å². The lowest BCUT2D eigenvalue weighted by atomic mass is 9.99. The van der Waals surface area contributed by atoms with Gasteiger partial charge in [0, 0.05) is 12.5 Å². The minimum atomic E-state index is -0.134. The van der Waals surface area contributed by atoms with Gasteiger partial charge in [0.05, 0.1) is 6.54 Å². The fourth-order valence-corrected chi connectivity index (χ4v) is 1.38. The van der Waals surface area contributed by atoms with Crippen molar-refractivity contribution >= 4 is 11.8 Å². The highest BCUT2D eigenvalue weighted by Gasteiger charge is 2.20. The van der Waals surface area contributed by atoms with E-state index >= 15 is 0 Å². The van der Waals surface area contributed by atoms with Crippen LogP contribution in [0.4, 0.5) is 0 Å². The van der Waals surface area contributed by atoms with Gasteiger partial charge in [-0.15, -0.1) is 0 Å². The van der Waals surface area contributed by atoms with Crippen LogP contribution in [0, 0.1) is 5.92 Å². The smallest absolute Gasteiger partial charge is 0.239 e. The molecule has 1 heterocycles. The van der Waals surface area contributed by atoms with E-state index in [1.807, 2.05) is 13.8 Å². The van der Waals surface area contributed by atoms with Gasteiger partial charge < -0.3 is 16.0 Å². The SMILES string of the molecule is CC(C)NC(=O)CNC(=O)CC1CNC1. The zero-order chi connectivity index (χ0) is 11.3. The summed E-state index contributed by atoms with van der Waals surface area (Å²) in [5.74, 6) is 0.267. The van der Waals surface area contributed by atoms with Crippen molar-refractivity contribution in [3.8, 4) is 0 Å². The summed E-state index contributed by atoms with van der Waals surface area (Å²) >= 11 is 0. The average Bonchev–Trinajstić information content (AvgIpc) is 2.07. The van der Waals surface area contributed by atoms with Gasteiger partial charge in [-0.25, -0.2) is 0 Å². The van der Waals surface area contributed by atoms with Crippen molar-refractivity contribution in [2.24, 2.45) is 5.92 Å². The number of carbonyl (C=O) groups is 2. The Morgan fingerprint density at radius 1 is 1.33 bits per heavy atom. The first-order valence-electron chi connectivity index (χ1n) is 5.34. The Balaban J connectivity index is 2.07. The molecule has 5 heteroatoms. The van der Waals surface area contributed by atoms with Gasteiger partial charge in [-0.05, 0) is 32.9 Å². The van der Waals surface area contributed by atoms with Gasteiger partial charge in [0.15, 0.2) is 0 Å². The second-order valence-corrected chi connectivity index (χ2v) is 4.23. The molecule has 0 aromatic heterocycles. The Bertz CT molecular complexity index is 237. The number of rotatable bonds is 5. The maximum Gasteiger partial charge on any atom is 0.239 e. The van der Waals surface area contributed by atoms with Gasteiger partial charge in [-0.3, -0.25) is 9.59 Å². The molecule has 1 aliphatic rings. The zero-order valence-corrected chi connectivity index (χ0v) is 9.30. The van der Waals surface area contributed by atoms with E-state index in [0.29, 0.717) is 12.3 Å². The first kappa shape index (κ1) is 12.0. The van der Waals surface area contributed by atoms with Gasteiger partial charge in [-0.2, -0.15) is 0 Å². The van der Waals surface area contributed by atoms with Crippen molar-refractivity contribution in [2.45, 2.75) is 26.3 Å². The predicted molar refractivity (Wildman–Crippen MR) is 57.3 cm³/mol. The Hall–Kier alpha value is -1.10. The second kappa shape index (κ2) is 5.70. The number of amides is 2. The minimum Gasteiger partial charge on any atom is -0.352 e. The minimum absolute atomic E-state index is 0.0413. The molecule has 86 valence electrons. The molecule has 1 rings (SSSR count). The molecule has 1 fully saturated rings. The third-order valence-corrected chi connectivity index (χ3v) is 2.24. The predicted octanol–water partition coefficient (Wildman–Crippen LogP) is -0.763. The first-order chi connectivity index (χ1) is 7.08. The van der Waals surface area contributed by atoms with Crippen molar-refractivity contribution in [3.05, 3.63) is 0 Å². The fraction of sp³-hybridized carbons (Fsp3) is 0.800. The summed E-state index contributed by atoms with van der Waals surface area (Å²) in [6.45, 7) is 5.67. The topological polar surface area (TPSA) is 70.2 Å². The molecule has 0 atom stereocenters. The fourth-order valence-electron chi connectivity index (χ4n) is 1.38. The quantitative estimate of drug-likeness (QED) is 0.562. The molecule has 0 unspecified atom stereocenters. The maximum atomic E-state index is 11.3. The monoisotopic (exact) mass is 213 g/mol. The van der Waals surface area contributed by atoms with E-state index in [0.717, 1.165) is 13.1 Å². The van der Waals surface area contributed by atoms with Crippen LogP contribution in [0.3, 0.4) is 0 Å². The average molecular weight is 213 g/mol. The number of hydrogen-bond donors (Lipinski definition) is 3. The summed E-state index contributed by atoms with van der Waals surface area (Å²) in [6, 6.07) is 0.116. The summed E-state index contributed by atoms with van der Waals surface area (Å²) in [4.78, 5) is 22.5. The van der Waals surface area contributed by atoms with Crippen molar-refractivity contribution in [3.63, 3.8) is 0 Å². The molecule has 0 aromatic carbocycles. The number of nitrogens with one attached hydrogen (secondary N) is 3. The third kappa shape index (κ3) is 4.78. The highest BCUT2D eigenvalue weighted by Crippen LogP contribution is 2.06. The van der Waals surface area contributed by atoms with E-state index in [1.54, 1.807) is 0 Å². The summed E-state index contributed by atoms with van der Waals surface area (Å²) < 4.78 is 0. The lowest BCUT2D eigenvalue weighted by molar-refractivity contribution is -0.127. The standard InChI is InChI=1S/C10H19N3O2/c1-7(2)13-10(15)6-12-9(14)3-8-4-11-5-8/h7-8,11H,3-6H2,1-2H3,(H,12,14)(H,13,15). The molecule has 0 spiro atoms. The van der Waals surface area contributed by atoms with Crippen LogP contribution in [0.15, 0.2) is 0 Å². The molecule has 0 radical (unpaired) electrons. The first-order valence-corrected chi connectivity index (χ1v) is 5.34. The highest BCUT2D eigenvalue weighted by molar-refractivity contribution is 5.84. The molecule has 3 N–H and O–H groups in total. The van der Waals surface area contributed by atoms with Crippen LogP contribution < -0.4 is 16.0 Å². The molecule has 1 aliphatic heterocycles. The summed E-state index contributed by atoms with van der Waals surface area (Å²) in [5, 5.41) is 8.42. The van der Waals surface area contributed by atoms with E-state index < -0.39 is 0 Å². The van der Waals surface area contributed by atoms with Gasteiger partial charge in [0.1, 0.15) is 0 Å². The van der Waals surface area contributed by atoms with E-state index in [2.05, 4.69) is 16.0 Å². The van der Waals surface area contributed by atoms with Gasteiger partial charge in [0.2, 0.25) is 11.8 Å². The molecule has 0 aromatic rings. The van der Waals surface area contributed by atoms with Crippen LogP contribution in [-0.4, -0.2) is 37.5 Å². The van der Waals surface area contributed by atoms with Crippen molar-refractivity contribution in [1.29, 1.82) is 0 Å². The van der Waals surface area contributed by atoms with E-state index in [4.69, 9.17) is 0 Å². The molecule has 0 bridgehead atoms. The lowest BCUT2D eigenvalue weighted by Gasteiger charge is -2.26. The van der Waals surface area contributed by atoms with Gasteiger partial charge in [0.25, 0.3) is 0 Å². The van der Waals surface area contributed by atoms with E-state index in [1.165, 1.54) is 0 Å². The largest absolute Gasteiger partial charge is 0.352 e. The van der Waals surface area contributed by atoms with E-state index in [9.17, 15) is 9.59 Å². The Morgan fingerprint density at radius 2 is 2.00 bits per heavy atom. The molecule has 0 aliphatic carbocycles. The van der Waals surface area contributed by atoms with Gasteiger partial charge in [-0.1, -0.05) is 0 Å². The lowest BCUT2D eigenvalue weighted by Crippen LogP contribution is -2.46. The van der Waals surface area contributed by atoms with Crippen molar-refractivity contribution in [2.75, 3.05) is 19.6 Å². The van der Waals surface area contributed by atoms with Crippen LogP contribution >= 0.6 is 0 Å². The van der Waals surface area contributed by atoms with Crippen molar-refractivity contribution < 1.29 is 9.59 Å². The highest BCUT2D eigenvalue weighted by atomic mass is 16.2. The van der Waals surface area contributed by atoms with Gasteiger partial charge >= 0.3 is 0 Å². The summed E-state index contributed by atoms with van der Waals surface area (Å²) in [7, 11) is 0. The van der Waals surface area contributed by atoms with Crippen LogP contribution in [0.1, 0.15) is 20.3 Å². The normalized spacial score (nSPS) is 15.9. The summed E-state index contributed by atoms with van der Waals surface area (Å²) in [5.41, 5.74) is 0. The van der Waals surface area contributed by atoms with Crippen LogP contribution in [0.5, 0.6) is 0 Å². The van der Waals surface area contributed by atoms with Crippen LogP contribution in [0.25, 0.3) is 0 Å². The molecule has 2 amide bonds. The Labute approximate surface area is 90.0 Å².